The van der Waals surface area contributed by atoms with Crippen molar-refractivity contribution in [2.75, 3.05) is 0 Å². The quantitative estimate of drug-likeness (QED) is 0.273. The molecule has 8 rings (SSSR count). The molecule has 8 aromatic rings. The number of benzene rings is 4. The van der Waals surface area contributed by atoms with E-state index in [-0.39, 0.29) is 48.1 Å². The van der Waals surface area contributed by atoms with Crippen LogP contribution in [-0.4, -0.2) is 18.5 Å². The molecule has 0 fully saturated rings. The Morgan fingerprint density at radius 2 is 0.920 bits per heavy atom. The molecule has 4 aromatic carbocycles. The van der Waals surface area contributed by atoms with Gasteiger partial charge in [-0.1, -0.05) is 17.7 Å². The van der Waals surface area contributed by atoms with E-state index in [2.05, 4.69) is 0 Å². The summed E-state index contributed by atoms with van der Waals surface area (Å²) in [6.45, 7) is 4.40. The first-order chi connectivity index (χ1) is 23.6. The van der Waals surface area contributed by atoms with Gasteiger partial charge in [0, 0.05) is 11.1 Å². The zero-order valence-corrected chi connectivity index (χ0v) is 26.6. The molecular formula is C35H17ClF2N4O8. The molecule has 12 nitrogen and oxygen atoms in total. The van der Waals surface area contributed by atoms with Gasteiger partial charge in [-0.15, -0.1) is 0 Å². The topological polar surface area (TPSA) is 156 Å². The highest BCUT2D eigenvalue weighted by molar-refractivity contribution is 6.30. The minimum atomic E-state index is -1.20. The van der Waals surface area contributed by atoms with Gasteiger partial charge in [0.05, 0.1) is 54.5 Å². The fraction of sp³-hybridized carbons (Fsp3) is 0.0857. The van der Waals surface area contributed by atoms with E-state index in [0.717, 1.165) is 28.8 Å². The molecule has 0 aliphatic rings. The number of fused-ring (bicyclic) bond motifs is 4. The molecule has 15 heteroatoms. The lowest BCUT2D eigenvalue weighted by atomic mass is 9.98. The van der Waals surface area contributed by atoms with Crippen LogP contribution in [0.3, 0.4) is 0 Å². The lowest BCUT2D eigenvalue weighted by Crippen LogP contribution is -2.43. The summed E-state index contributed by atoms with van der Waals surface area (Å²) in [5.74, 6) is -2.01. The van der Waals surface area contributed by atoms with Gasteiger partial charge in [0.25, 0.3) is 44.5 Å². The molecule has 246 valence electrons. The van der Waals surface area contributed by atoms with E-state index in [1.54, 1.807) is 19.1 Å². The Balaban J connectivity index is 1.42. The van der Waals surface area contributed by atoms with Crippen LogP contribution in [0.25, 0.3) is 54.5 Å². The number of halogens is 3. The van der Waals surface area contributed by atoms with Crippen molar-refractivity contribution in [3.8, 4) is 11.4 Å². The van der Waals surface area contributed by atoms with Gasteiger partial charge < -0.3 is 0 Å². The average Bonchev–Trinajstić information content (AvgIpc) is 3.67. The van der Waals surface area contributed by atoms with Crippen molar-refractivity contribution in [1.82, 2.24) is 18.5 Å². The van der Waals surface area contributed by atoms with Gasteiger partial charge in [-0.2, -0.15) is 9.35 Å². The van der Waals surface area contributed by atoms with Crippen LogP contribution in [0, 0.1) is 32.4 Å². The first-order valence-corrected chi connectivity index (χ1v) is 15.1. The van der Waals surface area contributed by atoms with Crippen molar-refractivity contribution in [2.45, 2.75) is 20.8 Å². The van der Waals surface area contributed by atoms with Crippen LogP contribution in [0.15, 0.2) is 86.9 Å². The molecule has 0 aliphatic carbocycles. The smallest absolute Gasteiger partial charge is 0.268 e. The van der Waals surface area contributed by atoms with Crippen molar-refractivity contribution in [3.63, 3.8) is 0 Å². The highest BCUT2D eigenvalue weighted by Crippen LogP contribution is 2.27. The molecule has 0 saturated carbocycles. The lowest BCUT2D eigenvalue weighted by molar-refractivity contribution is 0.590. The van der Waals surface area contributed by atoms with Crippen LogP contribution >= 0.6 is 11.6 Å². The molecule has 0 N–H and O–H groups in total. The third-order valence-corrected chi connectivity index (χ3v) is 9.51. The molecule has 0 saturated heterocycles. The van der Waals surface area contributed by atoms with Gasteiger partial charge in [0.2, 0.25) is 0 Å². The van der Waals surface area contributed by atoms with Gasteiger partial charge in [-0.25, -0.2) is 17.9 Å². The largest absolute Gasteiger partial charge is 0.281 e. The van der Waals surface area contributed by atoms with Crippen LogP contribution in [0.2, 0.25) is 5.02 Å². The summed E-state index contributed by atoms with van der Waals surface area (Å²) in [5.41, 5.74) is -8.38. The van der Waals surface area contributed by atoms with Gasteiger partial charge in [0.1, 0.15) is 11.6 Å². The summed E-state index contributed by atoms with van der Waals surface area (Å²) < 4.78 is 30.2. The fourth-order valence-electron chi connectivity index (χ4n) is 6.93. The molecule has 50 heavy (non-hydrogen) atoms. The highest BCUT2D eigenvalue weighted by Gasteiger charge is 2.29. The zero-order chi connectivity index (χ0) is 35.8. The third kappa shape index (κ3) is 3.73. The first kappa shape index (κ1) is 30.9. The second kappa shape index (κ2) is 10.1. The van der Waals surface area contributed by atoms with E-state index in [9.17, 15) is 47.1 Å². The van der Waals surface area contributed by atoms with Gasteiger partial charge in [-0.3, -0.25) is 38.4 Å². The molecule has 0 atom stereocenters. The van der Waals surface area contributed by atoms with Crippen LogP contribution in [-0.2, 0) is 0 Å². The molecule has 0 spiro atoms. The number of aryl methyl sites for hydroxylation is 3. The number of hydrogen-bond donors (Lipinski definition) is 0. The number of hydrogen-bond acceptors (Lipinski definition) is 8. The van der Waals surface area contributed by atoms with Crippen molar-refractivity contribution >= 4 is 54.7 Å². The summed E-state index contributed by atoms with van der Waals surface area (Å²) in [5, 5.41) is -2.29. The Morgan fingerprint density at radius 3 is 1.44 bits per heavy atom. The highest BCUT2D eigenvalue weighted by atomic mass is 35.5. The first-order valence-electron chi connectivity index (χ1n) is 14.8. The predicted molar refractivity (Wildman–Crippen MR) is 182 cm³/mol. The van der Waals surface area contributed by atoms with Gasteiger partial charge >= 0.3 is 0 Å². The summed E-state index contributed by atoms with van der Waals surface area (Å²) in [6, 6.07) is 8.62. The molecule has 0 aliphatic heterocycles. The molecule has 4 heterocycles. The molecule has 0 amide bonds. The maximum Gasteiger partial charge on any atom is 0.281 e. The molecule has 0 bridgehead atoms. The van der Waals surface area contributed by atoms with E-state index in [1.165, 1.54) is 19.9 Å². The minimum absolute atomic E-state index is 0.0292. The second-order valence-corrected chi connectivity index (χ2v) is 12.4. The zero-order valence-electron chi connectivity index (χ0n) is 25.8. The third-order valence-electron chi connectivity index (χ3n) is 9.28. The summed E-state index contributed by atoms with van der Waals surface area (Å²) in [6.07, 6.45) is 0. The summed E-state index contributed by atoms with van der Waals surface area (Å²) in [4.78, 5) is 109. The maximum absolute atomic E-state index is 14.5. The Kier molecular flexibility index (Phi) is 6.21. The van der Waals surface area contributed by atoms with E-state index in [4.69, 9.17) is 11.6 Å². The monoisotopic (exact) mass is 694 g/mol. The maximum atomic E-state index is 14.5. The summed E-state index contributed by atoms with van der Waals surface area (Å²) in [7, 11) is 0. The van der Waals surface area contributed by atoms with E-state index >= 15 is 0 Å². The molecule has 0 radical (unpaired) electrons. The van der Waals surface area contributed by atoms with Crippen LogP contribution in [0.1, 0.15) is 16.7 Å². The lowest BCUT2D eigenvalue weighted by Gasteiger charge is -2.05. The minimum Gasteiger partial charge on any atom is -0.268 e. The van der Waals surface area contributed by atoms with Crippen LogP contribution in [0.5, 0.6) is 0 Å². The van der Waals surface area contributed by atoms with Crippen LogP contribution < -0.4 is 44.5 Å². The van der Waals surface area contributed by atoms with Crippen molar-refractivity contribution in [2.24, 2.45) is 0 Å². The predicted octanol–water partition coefficient (Wildman–Crippen LogP) is 2.28. The van der Waals surface area contributed by atoms with E-state index < -0.39 is 83.3 Å². The SMILES string of the molecule is Cc1ccc(Cl)cc1-n1c(=O)c2c(C)c3c(=O)n(-n4c(=O)c5cc6c(=O)n(-c7cc(F)ccc7F)c(=O)c6cc5c4=O)c(=O)c3c(C)c2c1=O. The standard InChI is InChI=1S/C35H17ClF2N4O8/c1-12-4-5-15(36)8-22(12)39-32(47)24-13(2)26-27(14(3)25(24)33(39)48)35(50)42(34(26)49)41-30(45)19-10-17-18(11-20(19)31(41)46)29(44)40(28(17)43)23-9-16(37)6-7-21(23)38/h4-11H,1-3H3. The van der Waals surface area contributed by atoms with Gasteiger partial charge in [-0.05, 0) is 73.9 Å². The fourth-order valence-corrected chi connectivity index (χ4v) is 7.10. The summed E-state index contributed by atoms with van der Waals surface area (Å²) >= 11 is 6.14. The molecule has 4 aromatic heterocycles. The Labute approximate surface area is 278 Å². The average molecular weight is 695 g/mol. The number of nitrogens with zero attached hydrogens (tertiary/aromatic N) is 4. The number of aromatic nitrogens is 4. The Morgan fingerprint density at radius 1 is 0.480 bits per heavy atom. The van der Waals surface area contributed by atoms with E-state index in [0.29, 0.717) is 20.9 Å². The Bertz CT molecular complexity index is 3190. The van der Waals surface area contributed by atoms with Crippen molar-refractivity contribution in [3.05, 3.63) is 165 Å². The van der Waals surface area contributed by atoms with Crippen molar-refractivity contribution in [1.29, 1.82) is 0 Å². The van der Waals surface area contributed by atoms with Crippen molar-refractivity contribution < 1.29 is 8.78 Å². The molecular weight excluding hydrogens is 678 g/mol. The normalized spacial score (nSPS) is 12.0. The Hall–Kier alpha value is -6.41. The van der Waals surface area contributed by atoms with Gasteiger partial charge in [0.15, 0.2) is 0 Å². The number of rotatable bonds is 3. The second-order valence-electron chi connectivity index (χ2n) is 12.0. The van der Waals surface area contributed by atoms with Crippen LogP contribution in [0.4, 0.5) is 8.78 Å². The molecule has 0 unspecified atom stereocenters. The van der Waals surface area contributed by atoms with E-state index in [1.807, 2.05) is 0 Å².